The fourth-order valence-electron chi connectivity index (χ4n) is 2.39. The van der Waals surface area contributed by atoms with Gasteiger partial charge in [-0.3, -0.25) is 4.79 Å². The summed E-state index contributed by atoms with van der Waals surface area (Å²) in [4.78, 5) is 15.2. The molecular weight excluding hydrogens is 308 g/mol. The Morgan fingerprint density at radius 2 is 1.90 bits per heavy atom. The van der Waals surface area contributed by atoms with Crippen LogP contribution in [-0.2, 0) is 14.8 Å². The molecule has 1 aromatic heterocycles. The van der Waals surface area contributed by atoms with E-state index in [1.165, 1.54) is 11.3 Å². The molecule has 0 spiro atoms. The van der Waals surface area contributed by atoms with E-state index in [4.69, 9.17) is 0 Å². The van der Waals surface area contributed by atoms with Crippen LogP contribution in [0, 0.1) is 12.8 Å². The number of amides is 1. The van der Waals surface area contributed by atoms with Crippen molar-refractivity contribution >= 4 is 27.3 Å². The van der Waals surface area contributed by atoms with Gasteiger partial charge in [-0.15, -0.1) is 11.3 Å². The molecule has 2 heterocycles. The maximum atomic E-state index is 12.5. The van der Waals surface area contributed by atoms with Crippen molar-refractivity contribution in [3.8, 4) is 0 Å². The van der Waals surface area contributed by atoms with Crippen LogP contribution in [0.15, 0.2) is 16.3 Å². The Morgan fingerprint density at radius 3 is 2.38 bits per heavy atom. The van der Waals surface area contributed by atoms with E-state index in [9.17, 15) is 13.2 Å². The van der Waals surface area contributed by atoms with Gasteiger partial charge in [0.25, 0.3) is 10.0 Å². The largest absolute Gasteiger partial charge is 0.341 e. The summed E-state index contributed by atoms with van der Waals surface area (Å²) < 4.78 is 27.7. The Hall–Kier alpha value is -0.920. The van der Waals surface area contributed by atoms with Crippen LogP contribution in [-0.4, -0.2) is 38.4 Å². The average molecular weight is 330 g/mol. The molecule has 7 heteroatoms. The molecule has 1 aliphatic heterocycles. The molecule has 118 valence electrons. The molecule has 1 saturated heterocycles. The Kier molecular flexibility index (Phi) is 5.06. The Balaban J connectivity index is 2.17. The summed E-state index contributed by atoms with van der Waals surface area (Å²) in [5, 5.41) is 0. The lowest BCUT2D eigenvalue weighted by molar-refractivity contribution is -0.132. The Labute approximate surface area is 130 Å². The number of nitrogens with zero attached hydrogens (tertiary/aromatic N) is 1. The molecule has 0 aromatic carbocycles. The van der Waals surface area contributed by atoms with Gasteiger partial charge in [-0.1, -0.05) is 13.8 Å². The predicted molar refractivity (Wildman–Crippen MR) is 83.8 cm³/mol. The first-order chi connectivity index (χ1) is 9.81. The zero-order valence-electron chi connectivity index (χ0n) is 12.6. The number of aryl methyl sites for hydroxylation is 1. The number of thiophene rings is 1. The monoisotopic (exact) mass is 330 g/mol. The highest BCUT2D eigenvalue weighted by atomic mass is 32.2. The summed E-state index contributed by atoms with van der Waals surface area (Å²) in [5.74, 6) is -0.201. The van der Waals surface area contributed by atoms with E-state index in [0.29, 0.717) is 0 Å². The summed E-state index contributed by atoms with van der Waals surface area (Å²) in [6.07, 6.45) is 1.99. The normalized spacial score (nSPS) is 17.4. The van der Waals surface area contributed by atoms with Gasteiger partial charge < -0.3 is 4.90 Å². The highest BCUT2D eigenvalue weighted by molar-refractivity contribution is 7.91. The van der Waals surface area contributed by atoms with Crippen molar-refractivity contribution in [2.75, 3.05) is 13.1 Å². The van der Waals surface area contributed by atoms with Crippen molar-refractivity contribution < 1.29 is 13.2 Å². The van der Waals surface area contributed by atoms with E-state index in [-0.39, 0.29) is 16.0 Å². The number of carbonyl (C=O) groups is 1. The van der Waals surface area contributed by atoms with Gasteiger partial charge >= 0.3 is 0 Å². The maximum Gasteiger partial charge on any atom is 0.250 e. The molecule has 5 nitrogen and oxygen atoms in total. The number of hydrogen-bond donors (Lipinski definition) is 1. The summed E-state index contributed by atoms with van der Waals surface area (Å²) in [6, 6.07) is 2.65. The summed E-state index contributed by atoms with van der Waals surface area (Å²) in [6.45, 7) is 7.03. The van der Waals surface area contributed by atoms with Crippen LogP contribution in [0.4, 0.5) is 0 Å². The SMILES string of the molecule is Cc1ccc(S(=O)(=O)N[C@H](C(=O)N2CCCC2)C(C)C)s1. The molecule has 0 saturated carbocycles. The van der Waals surface area contributed by atoms with Gasteiger partial charge in [-0.2, -0.15) is 4.72 Å². The van der Waals surface area contributed by atoms with Crippen molar-refractivity contribution in [1.82, 2.24) is 9.62 Å². The zero-order valence-corrected chi connectivity index (χ0v) is 14.3. The standard InChI is InChI=1S/C14H22N2O3S2/c1-10(2)13(14(17)16-8-4-5-9-16)15-21(18,19)12-7-6-11(3)20-12/h6-7,10,13,15H,4-5,8-9H2,1-3H3/t13-/m0/s1. The molecule has 21 heavy (non-hydrogen) atoms. The van der Waals surface area contributed by atoms with E-state index in [1.54, 1.807) is 17.0 Å². The third-order valence-electron chi connectivity index (χ3n) is 3.61. The molecule has 2 rings (SSSR count). The molecule has 1 aliphatic rings. The minimum Gasteiger partial charge on any atom is -0.341 e. The van der Waals surface area contributed by atoms with Crippen LogP contribution >= 0.6 is 11.3 Å². The van der Waals surface area contributed by atoms with Gasteiger partial charge in [0.15, 0.2) is 0 Å². The first-order valence-corrected chi connectivity index (χ1v) is 9.49. The summed E-state index contributed by atoms with van der Waals surface area (Å²) in [7, 11) is -3.64. The predicted octanol–water partition coefficient (Wildman–Crippen LogP) is 1.98. The van der Waals surface area contributed by atoms with E-state index >= 15 is 0 Å². The quantitative estimate of drug-likeness (QED) is 0.898. The molecule has 0 radical (unpaired) electrons. The molecule has 1 fully saturated rings. The highest BCUT2D eigenvalue weighted by Crippen LogP contribution is 2.22. The lowest BCUT2D eigenvalue weighted by Crippen LogP contribution is -2.50. The fraction of sp³-hybridized carbons (Fsp3) is 0.643. The second kappa shape index (κ2) is 6.46. The molecule has 0 bridgehead atoms. The summed E-state index contributed by atoms with van der Waals surface area (Å²) in [5.41, 5.74) is 0. The molecule has 1 aromatic rings. The molecular formula is C14H22N2O3S2. The lowest BCUT2D eigenvalue weighted by Gasteiger charge is -2.26. The second-order valence-corrected chi connectivity index (χ2v) is 8.97. The molecule has 0 aliphatic carbocycles. The van der Waals surface area contributed by atoms with Gasteiger partial charge in [0.1, 0.15) is 10.3 Å². The number of carbonyl (C=O) groups excluding carboxylic acids is 1. The van der Waals surface area contributed by atoms with E-state index in [1.807, 2.05) is 20.8 Å². The maximum absolute atomic E-state index is 12.5. The van der Waals surface area contributed by atoms with Crippen LogP contribution in [0.3, 0.4) is 0 Å². The minimum atomic E-state index is -3.64. The smallest absolute Gasteiger partial charge is 0.250 e. The fourth-order valence-corrected chi connectivity index (χ4v) is 5.03. The first kappa shape index (κ1) is 16.5. The Morgan fingerprint density at radius 1 is 1.29 bits per heavy atom. The van der Waals surface area contributed by atoms with Gasteiger partial charge in [-0.25, -0.2) is 8.42 Å². The first-order valence-electron chi connectivity index (χ1n) is 7.19. The molecule has 1 atom stereocenters. The topological polar surface area (TPSA) is 66.5 Å². The molecule has 0 unspecified atom stereocenters. The van der Waals surface area contributed by atoms with Crippen molar-refractivity contribution in [2.24, 2.45) is 5.92 Å². The van der Waals surface area contributed by atoms with Gasteiger partial charge in [0, 0.05) is 18.0 Å². The third kappa shape index (κ3) is 3.84. The molecule has 1 N–H and O–H groups in total. The zero-order chi connectivity index (χ0) is 15.6. The molecule has 1 amide bonds. The number of nitrogens with one attached hydrogen (secondary N) is 1. The summed E-state index contributed by atoms with van der Waals surface area (Å²) >= 11 is 1.22. The second-order valence-electron chi connectivity index (χ2n) is 5.74. The van der Waals surface area contributed by atoms with Crippen molar-refractivity contribution in [2.45, 2.75) is 43.9 Å². The lowest BCUT2D eigenvalue weighted by atomic mass is 10.0. The van der Waals surface area contributed by atoms with Gasteiger partial charge in [-0.05, 0) is 37.8 Å². The minimum absolute atomic E-state index is 0.0889. The van der Waals surface area contributed by atoms with Crippen LogP contribution in [0.1, 0.15) is 31.6 Å². The number of sulfonamides is 1. The van der Waals surface area contributed by atoms with Crippen LogP contribution < -0.4 is 4.72 Å². The highest BCUT2D eigenvalue weighted by Gasteiger charge is 2.33. The van der Waals surface area contributed by atoms with E-state index < -0.39 is 16.1 Å². The van der Waals surface area contributed by atoms with Gasteiger partial charge in [0.05, 0.1) is 0 Å². The van der Waals surface area contributed by atoms with Gasteiger partial charge in [0.2, 0.25) is 5.91 Å². The third-order valence-corrected chi connectivity index (χ3v) is 6.55. The van der Waals surface area contributed by atoms with E-state index in [2.05, 4.69) is 4.72 Å². The van der Waals surface area contributed by atoms with Crippen molar-refractivity contribution in [1.29, 1.82) is 0 Å². The van der Waals surface area contributed by atoms with Crippen LogP contribution in [0.5, 0.6) is 0 Å². The Bertz CT molecular complexity index is 601. The van der Waals surface area contributed by atoms with Crippen LogP contribution in [0.25, 0.3) is 0 Å². The average Bonchev–Trinajstić information content (AvgIpc) is 3.05. The van der Waals surface area contributed by atoms with Crippen molar-refractivity contribution in [3.05, 3.63) is 17.0 Å². The van der Waals surface area contributed by atoms with Crippen LogP contribution in [0.2, 0.25) is 0 Å². The van der Waals surface area contributed by atoms with Crippen molar-refractivity contribution in [3.63, 3.8) is 0 Å². The number of rotatable bonds is 5. The number of hydrogen-bond acceptors (Lipinski definition) is 4. The van der Waals surface area contributed by atoms with E-state index in [0.717, 1.165) is 30.8 Å². The number of likely N-dealkylation sites (tertiary alicyclic amines) is 1.